The number of hydrogen-bond donors (Lipinski definition) is 0. The second kappa shape index (κ2) is 5.65. The highest BCUT2D eigenvalue weighted by atomic mass is 16.5. The van der Waals surface area contributed by atoms with Crippen molar-refractivity contribution in [3.8, 4) is 11.4 Å². The van der Waals surface area contributed by atoms with Crippen molar-refractivity contribution in [3.63, 3.8) is 0 Å². The van der Waals surface area contributed by atoms with Gasteiger partial charge in [0.1, 0.15) is 0 Å². The monoisotopic (exact) mass is 301 g/mol. The number of pyridine rings is 1. The summed E-state index contributed by atoms with van der Waals surface area (Å²) in [6.07, 6.45) is 2.39. The van der Waals surface area contributed by atoms with Crippen molar-refractivity contribution in [1.29, 1.82) is 0 Å². The lowest BCUT2D eigenvalue weighted by Gasteiger charge is -2.00. The average Bonchev–Trinajstić information content (AvgIpc) is 3.04. The number of aryl methyl sites for hydroxylation is 1. The van der Waals surface area contributed by atoms with Crippen LogP contribution in [0.1, 0.15) is 17.1 Å². The summed E-state index contributed by atoms with van der Waals surface area (Å²) in [5.74, 6) is 1.18. The molecule has 0 spiro atoms. The second-order valence-corrected chi connectivity index (χ2v) is 5.56. The van der Waals surface area contributed by atoms with Crippen LogP contribution >= 0.6 is 0 Å². The summed E-state index contributed by atoms with van der Waals surface area (Å²) in [6, 6.07) is 18.6. The van der Waals surface area contributed by atoms with Crippen LogP contribution in [-0.2, 0) is 6.42 Å². The topological polar surface area (TPSA) is 51.8 Å². The summed E-state index contributed by atoms with van der Waals surface area (Å²) in [7, 11) is 0. The van der Waals surface area contributed by atoms with E-state index >= 15 is 0 Å². The average molecular weight is 301 g/mol. The van der Waals surface area contributed by atoms with E-state index in [1.54, 1.807) is 6.20 Å². The molecule has 2 aromatic carbocycles. The van der Waals surface area contributed by atoms with E-state index in [9.17, 15) is 0 Å². The Labute approximate surface area is 133 Å². The van der Waals surface area contributed by atoms with Gasteiger partial charge < -0.3 is 4.52 Å². The zero-order valence-corrected chi connectivity index (χ0v) is 12.7. The Hall–Kier alpha value is -3.01. The van der Waals surface area contributed by atoms with E-state index in [2.05, 4.69) is 45.5 Å². The standard InChI is InChI=1S/C19H15N3O/c1-13-6-8-17(12-20-13)19-21-18(23-22-19)11-14-7-9-15-4-2-3-5-16(15)10-14/h2-10,12H,11H2,1H3. The van der Waals surface area contributed by atoms with E-state index in [0.717, 1.165) is 16.8 Å². The van der Waals surface area contributed by atoms with E-state index in [1.165, 1.54) is 10.8 Å². The Morgan fingerprint density at radius 1 is 0.957 bits per heavy atom. The summed E-state index contributed by atoms with van der Waals surface area (Å²) in [5, 5.41) is 6.49. The fourth-order valence-corrected chi connectivity index (χ4v) is 2.57. The molecule has 0 atom stereocenters. The number of benzene rings is 2. The minimum Gasteiger partial charge on any atom is -0.339 e. The highest BCUT2D eigenvalue weighted by molar-refractivity contribution is 5.83. The van der Waals surface area contributed by atoms with Crippen molar-refractivity contribution >= 4 is 10.8 Å². The van der Waals surface area contributed by atoms with Gasteiger partial charge in [0.25, 0.3) is 0 Å². The van der Waals surface area contributed by atoms with Gasteiger partial charge >= 0.3 is 0 Å². The van der Waals surface area contributed by atoms with Crippen molar-refractivity contribution < 1.29 is 4.52 Å². The highest BCUT2D eigenvalue weighted by Gasteiger charge is 2.10. The first kappa shape index (κ1) is 13.6. The van der Waals surface area contributed by atoms with Crippen LogP contribution in [0.3, 0.4) is 0 Å². The molecule has 0 N–H and O–H groups in total. The molecule has 4 rings (SSSR count). The predicted octanol–water partition coefficient (Wildman–Crippen LogP) is 4.18. The van der Waals surface area contributed by atoms with Crippen LogP contribution in [0.25, 0.3) is 22.2 Å². The second-order valence-electron chi connectivity index (χ2n) is 5.56. The lowest BCUT2D eigenvalue weighted by Crippen LogP contribution is -1.89. The maximum absolute atomic E-state index is 5.38. The van der Waals surface area contributed by atoms with Crippen LogP contribution in [0.2, 0.25) is 0 Å². The Morgan fingerprint density at radius 2 is 1.83 bits per heavy atom. The summed E-state index contributed by atoms with van der Waals surface area (Å²) < 4.78 is 5.38. The number of hydrogen-bond acceptors (Lipinski definition) is 4. The summed E-state index contributed by atoms with van der Waals surface area (Å²) in [4.78, 5) is 8.73. The van der Waals surface area contributed by atoms with Crippen molar-refractivity contribution in [3.05, 3.63) is 77.9 Å². The van der Waals surface area contributed by atoms with Crippen LogP contribution in [0.15, 0.2) is 65.3 Å². The number of rotatable bonds is 3. The van der Waals surface area contributed by atoms with Crippen LogP contribution in [-0.4, -0.2) is 15.1 Å². The predicted molar refractivity (Wildman–Crippen MR) is 89.0 cm³/mol. The van der Waals surface area contributed by atoms with Gasteiger partial charge in [-0.2, -0.15) is 4.98 Å². The lowest BCUT2D eigenvalue weighted by atomic mass is 10.1. The maximum Gasteiger partial charge on any atom is 0.231 e. The minimum absolute atomic E-state index is 0.577. The SMILES string of the molecule is Cc1ccc(-c2noc(Cc3ccc4ccccc4c3)n2)cn1. The van der Waals surface area contributed by atoms with Gasteiger partial charge in [0, 0.05) is 17.5 Å². The fraction of sp³-hybridized carbons (Fsp3) is 0.105. The van der Waals surface area contributed by atoms with Crippen molar-refractivity contribution in [1.82, 2.24) is 15.1 Å². The van der Waals surface area contributed by atoms with E-state index in [0.29, 0.717) is 18.1 Å². The molecule has 0 saturated carbocycles. The highest BCUT2D eigenvalue weighted by Crippen LogP contribution is 2.19. The molecule has 4 heteroatoms. The van der Waals surface area contributed by atoms with Crippen molar-refractivity contribution in [2.45, 2.75) is 13.3 Å². The molecule has 4 nitrogen and oxygen atoms in total. The third-order valence-corrected chi connectivity index (χ3v) is 3.81. The van der Waals surface area contributed by atoms with Gasteiger partial charge in [-0.15, -0.1) is 0 Å². The molecule has 0 aliphatic heterocycles. The smallest absolute Gasteiger partial charge is 0.231 e. The molecule has 0 bridgehead atoms. The first-order valence-electron chi connectivity index (χ1n) is 7.51. The van der Waals surface area contributed by atoms with Gasteiger partial charge in [-0.05, 0) is 35.4 Å². The molecule has 112 valence electrons. The summed E-state index contributed by atoms with van der Waals surface area (Å²) in [6.45, 7) is 1.95. The van der Waals surface area contributed by atoms with Crippen LogP contribution in [0.4, 0.5) is 0 Å². The zero-order valence-electron chi connectivity index (χ0n) is 12.7. The van der Waals surface area contributed by atoms with Crippen LogP contribution in [0.5, 0.6) is 0 Å². The Bertz CT molecular complexity index is 958. The third-order valence-electron chi connectivity index (χ3n) is 3.81. The number of nitrogens with zero attached hydrogens (tertiary/aromatic N) is 3. The van der Waals surface area contributed by atoms with Crippen molar-refractivity contribution in [2.75, 3.05) is 0 Å². The fourth-order valence-electron chi connectivity index (χ4n) is 2.57. The van der Waals surface area contributed by atoms with E-state index in [1.807, 2.05) is 31.2 Å². The molecule has 0 aliphatic carbocycles. The number of fused-ring (bicyclic) bond motifs is 1. The molecule has 0 radical (unpaired) electrons. The normalized spacial score (nSPS) is 11.0. The van der Waals surface area contributed by atoms with Gasteiger partial charge in [0.2, 0.25) is 11.7 Å². The summed E-state index contributed by atoms with van der Waals surface area (Å²) >= 11 is 0. The lowest BCUT2D eigenvalue weighted by molar-refractivity contribution is 0.386. The largest absolute Gasteiger partial charge is 0.339 e. The molecule has 2 aromatic heterocycles. The molecule has 4 aromatic rings. The van der Waals surface area contributed by atoms with Gasteiger partial charge in [-0.25, -0.2) is 0 Å². The molecule has 23 heavy (non-hydrogen) atoms. The minimum atomic E-state index is 0.577. The number of aromatic nitrogens is 3. The molecular formula is C19H15N3O. The Kier molecular flexibility index (Phi) is 3.35. The maximum atomic E-state index is 5.38. The van der Waals surface area contributed by atoms with E-state index < -0.39 is 0 Å². The Morgan fingerprint density at radius 3 is 2.65 bits per heavy atom. The van der Waals surface area contributed by atoms with Crippen LogP contribution in [0, 0.1) is 6.92 Å². The molecule has 0 saturated heterocycles. The molecule has 2 heterocycles. The van der Waals surface area contributed by atoms with Crippen molar-refractivity contribution in [2.24, 2.45) is 0 Å². The molecule has 0 fully saturated rings. The Balaban J connectivity index is 1.60. The molecule has 0 unspecified atom stereocenters. The van der Waals surface area contributed by atoms with Gasteiger partial charge in [0.15, 0.2) is 0 Å². The summed E-state index contributed by atoms with van der Waals surface area (Å²) in [5.41, 5.74) is 2.98. The first-order valence-corrected chi connectivity index (χ1v) is 7.51. The molecule has 0 aliphatic rings. The van der Waals surface area contributed by atoms with E-state index in [4.69, 9.17) is 4.52 Å². The third kappa shape index (κ3) is 2.83. The first-order chi connectivity index (χ1) is 11.3. The van der Waals surface area contributed by atoms with Gasteiger partial charge in [-0.3, -0.25) is 4.98 Å². The quantitative estimate of drug-likeness (QED) is 0.569. The van der Waals surface area contributed by atoms with Gasteiger partial charge in [-0.1, -0.05) is 47.6 Å². The molecular weight excluding hydrogens is 286 g/mol. The zero-order chi connectivity index (χ0) is 15.6. The molecule has 0 amide bonds. The van der Waals surface area contributed by atoms with E-state index in [-0.39, 0.29) is 0 Å². The van der Waals surface area contributed by atoms with Crippen LogP contribution < -0.4 is 0 Å². The van der Waals surface area contributed by atoms with Gasteiger partial charge in [0.05, 0.1) is 6.42 Å².